The molecule has 102 valence electrons. The second-order valence-corrected chi connectivity index (χ2v) is 7.34. The molecule has 4 heteroatoms. The fourth-order valence-corrected chi connectivity index (χ4v) is 5.42. The average Bonchev–Trinajstić information content (AvgIpc) is 3.01. The van der Waals surface area contributed by atoms with Gasteiger partial charge in [-0.25, -0.2) is 0 Å². The predicted molar refractivity (Wildman–Crippen MR) is 72.1 cm³/mol. The molecule has 0 bridgehead atoms. The minimum atomic E-state index is 0.717. The molecule has 2 N–H and O–H groups in total. The van der Waals surface area contributed by atoms with E-state index in [2.05, 4.69) is 29.6 Å². The first-order valence-electron chi connectivity index (χ1n) is 7.66. The van der Waals surface area contributed by atoms with Crippen molar-refractivity contribution in [3.05, 3.63) is 0 Å². The zero-order valence-electron chi connectivity index (χ0n) is 11.7. The van der Waals surface area contributed by atoms with Gasteiger partial charge in [0.15, 0.2) is 0 Å². The second kappa shape index (κ2) is 3.92. The topological polar surface area (TPSA) is 27.3 Å². The molecule has 4 fully saturated rings. The summed E-state index contributed by atoms with van der Waals surface area (Å²) in [6, 6.07) is 0.868. The summed E-state index contributed by atoms with van der Waals surface area (Å²) in [7, 11) is 4.81. The van der Waals surface area contributed by atoms with E-state index in [1.54, 1.807) is 0 Å². The van der Waals surface area contributed by atoms with E-state index in [-0.39, 0.29) is 0 Å². The molecule has 18 heavy (non-hydrogen) atoms. The molecule has 4 aliphatic rings. The largest absolute Gasteiger partial charge is 0.311 e. The van der Waals surface area contributed by atoms with Crippen molar-refractivity contribution in [2.75, 3.05) is 53.4 Å². The fraction of sp³-hybridized carbons (Fsp3) is 1.00. The summed E-state index contributed by atoms with van der Waals surface area (Å²) in [4.78, 5) is 2.54. The van der Waals surface area contributed by atoms with Gasteiger partial charge in [0.05, 0.1) is 13.6 Å². The molecule has 6 atom stereocenters. The number of fused-ring (bicyclic) bond motifs is 2. The molecule has 6 unspecified atom stereocenters. The van der Waals surface area contributed by atoms with Crippen LogP contribution in [0.3, 0.4) is 0 Å². The molecule has 0 spiro atoms. The molecule has 0 saturated carbocycles. The van der Waals surface area contributed by atoms with Crippen molar-refractivity contribution in [3.8, 4) is 0 Å². The molecule has 4 rings (SSSR count). The van der Waals surface area contributed by atoms with Crippen molar-refractivity contribution >= 4 is 0 Å². The minimum absolute atomic E-state index is 0.717. The first-order valence-corrected chi connectivity index (χ1v) is 7.66. The summed E-state index contributed by atoms with van der Waals surface area (Å²) in [5.41, 5.74) is 0. The third-order valence-electron chi connectivity index (χ3n) is 6.35. The lowest BCUT2D eigenvalue weighted by atomic mass is 9.95. The third-order valence-corrected chi connectivity index (χ3v) is 6.35. The van der Waals surface area contributed by atoms with E-state index in [9.17, 15) is 0 Å². The van der Waals surface area contributed by atoms with Gasteiger partial charge in [0.25, 0.3) is 0 Å². The van der Waals surface area contributed by atoms with Crippen LogP contribution in [0, 0.1) is 17.8 Å². The van der Waals surface area contributed by atoms with E-state index in [1.807, 2.05) is 0 Å². The van der Waals surface area contributed by atoms with Gasteiger partial charge < -0.3 is 14.7 Å². The highest BCUT2D eigenvalue weighted by Crippen LogP contribution is 2.41. The molecule has 0 amide bonds. The van der Waals surface area contributed by atoms with Gasteiger partial charge in [0.1, 0.15) is 12.2 Å². The summed E-state index contributed by atoms with van der Waals surface area (Å²) in [6.45, 7) is 7.76. The lowest BCUT2D eigenvalue weighted by Gasteiger charge is -2.43. The van der Waals surface area contributed by atoms with Crippen LogP contribution >= 0.6 is 0 Å². The Kier molecular flexibility index (Phi) is 2.54. The smallest absolute Gasteiger partial charge is 0.147 e. The van der Waals surface area contributed by atoms with E-state index in [0.29, 0.717) is 0 Å². The molecule has 0 aromatic carbocycles. The maximum absolute atomic E-state index is 3.89. The van der Waals surface area contributed by atoms with Crippen molar-refractivity contribution in [2.24, 2.45) is 17.8 Å². The van der Waals surface area contributed by atoms with Gasteiger partial charge in [-0.3, -0.25) is 5.32 Å². The summed E-state index contributed by atoms with van der Waals surface area (Å²) in [5.74, 6) is 2.73. The van der Waals surface area contributed by atoms with Crippen LogP contribution in [-0.2, 0) is 0 Å². The van der Waals surface area contributed by atoms with Crippen LogP contribution in [0.1, 0.15) is 6.42 Å². The van der Waals surface area contributed by atoms with Gasteiger partial charge in [-0.1, -0.05) is 0 Å². The molecule has 0 radical (unpaired) electrons. The number of likely N-dealkylation sites (N-methyl/N-ethyl adjacent to an activating group) is 1. The Morgan fingerprint density at radius 1 is 1.11 bits per heavy atom. The molecule has 0 aromatic heterocycles. The highest BCUT2D eigenvalue weighted by atomic mass is 15.5. The van der Waals surface area contributed by atoms with Gasteiger partial charge >= 0.3 is 0 Å². The zero-order chi connectivity index (χ0) is 12.3. The Morgan fingerprint density at radius 2 is 2.00 bits per heavy atom. The highest BCUT2D eigenvalue weighted by molar-refractivity contribution is 4.97. The maximum Gasteiger partial charge on any atom is 0.147 e. The van der Waals surface area contributed by atoms with E-state index >= 15 is 0 Å². The first-order chi connectivity index (χ1) is 8.68. The molecular formula is C14H27N4+. The number of likely N-dealkylation sites (tertiary alicyclic amines) is 2. The summed E-state index contributed by atoms with van der Waals surface area (Å²) in [6.07, 6.45) is 2.15. The molecular weight excluding hydrogens is 224 g/mol. The van der Waals surface area contributed by atoms with Gasteiger partial charge in [0.2, 0.25) is 0 Å². The maximum atomic E-state index is 3.89. The highest BCUT2D eigenvalue weighted by Gasteiger charge is 2.57. The SMILES string of the molecule is CN1CC2CNC([N+]3(C)CCC4CNCC43)C2C1. The number of hydrogen-bond donors (Lipinski definition) is 2. The number of quaternary nitrogens is 1. The monoisotopic (exact) mass is 251 g/mol. The predicted octanol–water partition coefficient (Wildman–Crippen LogP) is -0.468. The zero-order valence-corrected chi connectivity index (χ0v) is 11.7. The Bertz CT molecular complexity index is 347. The lowest BCUT2D eigenvalue weighted by molar-refractivity contribution is -0.949. The second-order valence-electron chi connectivity index (χ2n) is 7.34. The lowest BCUT2D eigenvalue weighted by Crippen LogP contribution is -2.63. The van der Waals surface area contributed by atoms with Crippen LogP contribution in [-0.4, -0.2) is 75.0 Å². The number of hydrogen-bond acceptors (Lipinski definition) is 3. The third kappa shape index (κ3) is 1.46. The Labute approximate surface area is 110 Å². The standard InChI is InChI=1S/C14H27N4/c1-17-8-11-6-16-14(12(11)9-17)18(2)4-3-10-5-15-7-13(10)18/h10-16H,3-9H2,1-2H3/q+1. The van der Waals surface area contributed by atoms with Crippen LogP contribution in [0.4, 0.5) is 0 Å². The van der Waals surface area contributed by atoms with E-state index in [0.717, 1.165) is 30.0 Å². The van der Waals surface area contributed by atoms with Crippen LogP contribution in [0.15, 0.2) is 0 Å². The van der Waals surface area contributed by atoms with Crippen molar-refractivity contribution < 1.29 is 4.48 Å². The first kappa shape index (κ1) is 11.6. The van der Waals surface area contributed by atoms with Crippen molar-refractivity contribution in [1.82, 2.24) is 15.5 Å². The number of nitrogens with zero attached hydrogens (tertiary/aromatic N) is 2. The van der Waals surface area contributed by atoms with Crippen molar-refractivity contribution in [1.29, 1.82) is 0 Å². The molecule has 0 aliphatic carbocycles. The van der Waals surface area contributed by atoms with Crippen LogP contribution in [0.5, 0.6) is 0 Å². The quantitative estimate of drug-likeness (QED) is 0.617. The molecule has 4 aliphatic heterocycles. The molecule has 0 aromatic rings. The average molecular weight is 251 g/mol. The number of rotatable bonds is 1. The minimum Gasteiger partial charge on any atom is -0.311 e. The van der Waals surface area contributed by atoms with Gasteiger partial charge in [-0.2, -0.15) is 0 Å². The van der Waals surface area contributed by atoms with E-state index in [1.165, 1.54) is 50.2 Å². The molecule has 4 saturated heterocycles. The summed E-state index contributed by atoms with van der Waals surface area (Å²) >= 11 is 0. The molecule has 4 heterocycles. The number of nitrogens with one attached hydrogen (secondary N) is 2. The Morgan fingerprint density at radius 3 is 2.89 bits per heavy atom. The van der Waals surface area contributed by atoms with E-state index < -0.39 is 0 Å². The van der Waals surface area contributed by atoms with Crippen molar-refractivity contribution in [2.45, 2.75) is 18.6 Å². The van der Waals surface area contributed by atoms with Crippen LogP contribution in [0.2, 0.25) is 0 Å². The van der Waals surface area contributed by atoms with Gasteiger partial charge in [0, 0.05) is 51.0 Å². The summed E-state index contributed by atoms with van der Waals surface area (Å²) < 4.78 is 1.30. The summed E-state index contributed by atoms with van der Waals surface area (Å²) in [5, 5.41) is 7.51. The van der Waals surface area contributed by atoms with Gasteiger partial charge in [-0.15, -0.1) is 0 Å². The van der Waals surface area contributed by atoms with Crippen LogP contribution < -0.4 is 10.6 Å². The fourth-order valence-electron chi connectivity index (χ4n) is 5.42. The van der Waals surface area contributed by atoms with E-state index in [4.69, 9.17) is 0 Å². The Balaban J connectivity index is 1.59. The van der Waals surface area contributed by atoms with Crippen molar-refractivity contribution in [3.63, 3.8) is 0 Å². The Hall–Kier alpha value is -0.160. The van der Waals surface area contributed by atoms with Crippen LogP contribution in [0.25, 0.3) is 0 Å². The molecule has 4 nitrogen and oxygen atoms in total. The normalized spacial score (nSPS) is 56.0. The van der Waals surface area contributed by atoms with Gasteiger partial charge in [-0.05, 0) is 13.0 Å².